The summed E-state index contributed by atoms with van der Waals surface area (Å²) in [7, 11) is 0. The van der Waals surface area contributed by atoms with Gasteiger partial charge in [-0.3, -0.25) is 0 Å². The molecule has 0 spiro atoms. The molecule has 2 nitrogen and oxygen atoms in total. The van der Waals surface area contributed by atoms with Crippen LogP contribution >= 0.6 is 0 Å². The summed E-state index contributed by atoms with van der Waals surface area (Å²) < 4.78 is 5.81. The van der Waals surface area contributed by atoms with Crippen LogP contribution in [0.5, 0.6) is 0 Å². The molecular formula is C19H29NO. The number of hydrogen-bond acceptors (Lipinski definition) is 2. The van der Waals surface area contributed by atoms with E-state index < -0.39 is 0 Å². The second kappa shape index (κ2) is 6.93. The molecule has 0 radical (unpaired) electrons. The van der Waals surface area contributed by atoms with Crippen molar-refractivity contribution < 1.29 is 4.74 Å². The molecule has 1 saturated heterocycles. The fraction of sp³-hybridized carbons (Fsp3) is 0.684. The average Bonchev–Trinajstić information content (AvgIpc) is 2.94. The van der Waals surface area contributed by atoms with E-state index in [9.17, 15) is 0 Å². The first-order valence-corrected chi connectivity index (χ1v) is 8.70. The second-order valence-electron chi connectivity index (χ2n) is 6.83. The van der Waals surface area contributed by atoms with E-state index >= 15 is 0 Å². The zero-order valence-electron chi connectivity index (χ0n) is 13.5. The van der Waals surface area contributed by atoms with Gasteiger partial charge in [0.05, 0.1) is 12.7 Å². The Morgan fingerprint density at radius 2 is 2.19 bits per heavy atom. The molecule has 1 fully saturated rings. The van der Waals surface area contributed by atoms with Crippen LogP contribution < -0.4 is 5.32 Å². The Bertz CT molecular complexity index is 459. The molecule has 2 aliphatic rings. The molecule has 4 unspecified atom stereocenters. The Balaban J connectivity index is 1.71. The molecule has 1 aliphatic carbocycles. The van der Waals surface area contributed by atoms with Gasteiger partial charge in [0.25, 0.3) is 0 Å². The van der Waals surface area contributed by atoms with E-state index in [0.29, 0.717) is 18.1 Å². The predicted molar refractivity (Wildman–Crippen MR) is 87.7 cm³/mol. The summed E-state index contributed by atoms with van der Waals surface area (Å²) in [6.07, 6.45) is 6.88. The van der Waals surface area contributed by atoms with Gasteiger partial charge in [-0.15, -0.1) is 0 Å². The van der Waals surface area contributed by atoms with Gasteiger partial charge >= 0.3 is 0 Å². The van der Waals surface area contributed by atoms with Crippen molar-refractivity contribution in [2.24, 2.45) is 5.92 Å². The molecule has 0 aromatic heterocycles. The lowest BCUT2D eigenvalue weighted by atomic mass is 9.77. The molecule has 116 valence electrons. The molecule has 1 aromatic rings. The maximum atomic E-state index is 5.81. The van der Waals surface area contributed by atoms with Crippen LogP contribution in [0, 0.1) is 5.92 Å². The number of hydrogen-bond donors (Lipinski definition) is 1. The van der Waals surface area contributed by atoms with Crippen molar-refractivity contribution in [3.63, 3.8) is 0 Å². The molecule has 0 bridgehead atoms. The highest BCUT2D eigenvalue weighted by molar-refractivity contribution is 5.32. The maximum Gasteiger partial charge on any atom is 0.0551 e. The van der Waals surface area contributed by atoms with Gasteiger partial charge in [0.2, 0.25) is 0 Å². The lowest BCUT2D eigenvalue weighted by Crippen LogP contribution is -2.38. The fourth-order valence-electron chi connectivity index (χ4n) is 4.24. The number of rotatable bonds is 5. The third-order valence-corrected chi connectivity index (χ3v) is 5.30. The van der Waals surface area contributed by atoms with Crippen LogP contribution in [0.15, 0.2) is 24.3 Å². The van der Waals surface area contributed by atoms with E-state index in [2.05, 4.69) is 43.4 Å². The predicted octanol–water partition coefficient (Wildman–Crippen LogP) is 3.90. The molecule has 1 aromatic carbocycles. The van der Waals surface area contributed by atoms with E-state index in [4.69, 9.17) is 4.74 Å². The SMILES string of the molecule is CCNC(CC1CCCc2ccccc21)C1COC(C)C1. The number of ether oxygens (including phenoxy) is 1. The molecule has 0 amide bonds. The van der Waals surface area contributed by atoms with Crippen molar-refractivity contribution in [3.05, 3.63) is 35.4 Å². The van der Waals surface area contributed by atoms with Gasteiger partial charge in [-0.25, -0.2) is 0 Å². The lowest BCUT2D eigenvalue weighted by Gasteiger charge is -2.31. The van der Waals surface area contributed by atoms with Crippen LogP contribution in [0.4, 0.5) is 0 Å². The van der Waals surface area contributed by atoms with Crippen molar-refractivity contribution in [1.82, 2.24) is 5.32 Å². The van der Waals surface area contributed by atoms with Crippen molar-refractivity contribution in [1.29, 1.82) is 0 Å². The minimum absolute atomic E-state index is 0.440. The van der Waals surface area contributed by atoms with E-state index in [-0.39, 0.29) is 0 Å². The van der Waals surface area contributed by atoms with Crippen molar-refractivity contribution in [3.8, 4) is 0 Å². The molecule has 0 saturated carbocycles. The van der Waals surface area contributed by atoms with Crippen LogP contribution in [0.3, 0.4) is 0 Å². The molecule has 1 aliphatic heterocycles. The van der Waals surface area contributed by atoms with Crippen LogP contribution in [0.1, 0.15) is 56.6 Å². The van der Waals surface area contributed by atoms with Gasteiger partial charge in [0.1, 0.15) is 0 Å². The highest BCUT2D eigenvalue weighted by atomic mass is 16.5. The molecule has 21 heavy (non-hydrogen) atoms. The van der Waals surface area contributed by atoms with Crippen molar-refractivity contribution in [2.45, 2.75) is 64.0 Å². The third kappa shape index (κ3) is 3.49. The minimum Gasteiger partial charge on any atom is -0.378 e. The zero-order chi connectivity index (χ0) is 14.7. The minimum atomic E-state index is 0.440. The molecular weight excluding hydrogens is 258 g/mol. The summed E-state index contributed by atoms with van der Waals surface area (Å²) in [5.41, 5.74) is 3.19. The Morgan fingerprint density at radius 3 is 2.95 bits per heavy atom. The maximum absolute atomic E-state index is 5.81. The largest absolute Gasteiger partial charge is 0.378 e. The van der Waals surface area contributed by atoms with Gasteiger partial charge in [0.15, 0.2) is 0 Å². The Morgan fingerprint density at radius 1 is 1.33 bits per heavy atom. The first-order valence-electron chi connectivity index (χ1n) is 8.70. The topological polar surface area (TPSA) is 21.3 Å². The average molecular weight is 287 g/mol. The number of aryl methyl sites for hydroxylation is 1. The monoisotopic (exact) mass is 287 g/mol. The summed E-state index contributed by atoms with van der Waals surface area (Å²) in [6, 6.07) is 9.69. The second-order valence-corrected chi connectivity index (χ2v) is 6.83. The first kappa shape index (κ1) is 15.1. The van der Waals surface area contributed by atoms with Crippen LogP contribution in [-0.2, 0) is 11.2 Å². The van der Waals surface area contributed by atoms with Crippen LogP contribution in [0.25, 0.3) is 0 Å². The van der Waals surface area contributed by atoms with Gasteiger partial charge in [0, 0.05) is 12.0 Å². The molecule has 2 heteroatoms. The van der Waals surface area contributed by atoms with Crippen molar-refractivity contribution in [2.75, 3.05) is 13.2 Å². The van der Waals surface area contributed by atoms with Gasteiger partial charge in [-0.2, -0.15) is 0 Å². The van der Waals surface area contributed by atoms with Gasteiger partial charge < -0.3 is 10.1 Å². The van der Waals surface area contributed by atoms with Crippen molar-refractivity contribution >= 4 is 0 Å². The summed E-state index contributed by atoms with van der Waals surface area (Å²) in [6.45, 7) is 6.43. The highest BCUT2D eigenvalue weighted by Gasteiger charge is 2.32. The fourth-order valence-corrected chi connectivity index (χ4v) is 4.24. The van der Waals surface area contributed by atoms with E-state index in [0.717, 1.165) is 19.1 Å². The number of fused-ring (bicyclic) bond motifs is 1. The first-order chi connectivity index (χ1) is 10.3. The smallest absolute Gasteiger partial charge is 0.0551 e. The molecule has 1 N–H and O–H groups in total. The summed E-state index contributed by atoms with van der Waals surface area (Å²) in [4.78, 5) is 0. The van der Waals surface area contributed by atoms with Gasteiger partial charge in [-0.05, 0) is 62.6 Å². The van der Waals surface area contributed by atoms with Crippen LogP contribution in [-0.4, -0.2) is 25.3 Å². The third-order valence-electron chi connectivity index (χ3n) is 5.30. The Hall–Kier alpha value is -0.860. The molecule has 1 heterocycles. The Labute approximate surface area is 129 Å². The summed E-state index contributed by atoms with van der Waals surface area (Å²) in [5.74, 6) is 1.42. The summed E-state index contributed by atoms with van der Waals surface area (Å²) >= 11 is 0. The van der Waals surface area contributed by atoms with E-state index in [1.54, 1.807) is 11.1 Å². The number of benzene rings is 1. The van der Waals surface area contributed by atoms with E-state index in [1.165, 1.54) is 32.1 Å². The zero-order valence-corrected chi connectivity index (χ0v) is 13.5. The normalized spacial score (nSPS) is 30.1. The quantitative estimate of drug-likeness (QED) is 0.887. The van der Waals surface area contributed by atoms with Gasteiger partial charge in [-0.1, -0.05) is 31.2 Å². The van der Waals surface area contributed by atoms with Crippen LogP contribution in [0.2, 0.25) is 0 Å². The number of nitrogens with one attached hydrogen (secondary N) is 1. The lowest BCUT2D eigenvalue weighted by molar-refractivity contribution is 0.116. The highest BCUT2D eigenvalue weighted by Crippen LogP contribution is 2.37. The standard InChI is InChI=1S/C19H29NO/c1-3-20-19(17-11-14(2)21-13-17)12-16-9-6-8-15-7-4-5-10-18(15)16/h4-5,7,10,14,16-17,19-20H,3,6,8-9,11-13H2,1-2H3. The Kier molecular flexibility index (Phi) is 4.97. The summed E-state index contributed by atoms with van der Waals surface area (Å²) in [5, 5.41) is 3.74. The molecule has 3 rings (SSSR count). The molecule has 4 atom stereocenters. The van der Waals surface area contributed by atoms with E-state index in [1.807, 2.05) is 0 Å².